The molecule has 4 rings (SSSR count). The Hall–Kier alpha value is -2.09. The molecule has 3 aromatic rings. The first-order chi connectivity index (χ1) is 10.3. The van der Waals surface area contributed by atoms with Crippen LogP contribution in [0.3, 0.4) is 0 Å². The molecule has 1 fully saturated rings. The van der Waals surface area contributed by atoms with Crippen molar-refractivity contribution in [1.82, 2.24) is 9.97 Å². The van der Waals surface area contributed by atoms with E-state index in [-0.39, 0.29) is 32.1 Å². The quantitative estimate of drug-likeness (QED) is 0.716. The molecule has 0 atom stereocenters. The van der Waals surface area contributed by atoms with Gasteiger partial charge in [0.15, 0.2) is 0 Å². The number of alkyl halides is 3. The lowest BCUT2D eigenvalue weighted by Crippen LogP contribution is -2.08. The molecule has 22 heavy (non-hydrogen) atoms. The predicted molar refractivity (Wildman–Crippen MR) is 76.4 cm³/mol. The molecule has 0 radical (unpaired) electrons. The number of aromatic hydroxyl groups is 1. The maximum absolute atomic E-state index is 13.4. The van der Waals surface area contributed by atoms with Crippen molar-refractivity contribution in [3.8, 4) is 5.75 Å². The van der Waals surface area contributed by atoms with Gasteiger partial charge < -0.3 is 10.1 Å². The molecule has 0 aliphatic heterocycles. The number of pyridine rings is 2. The van der Waals surface area contributed by atoms with E-state index in [4.69, 9.17) is 0 Å². The van der Waals surface area contributed by atoms with E-state index in [2.05, 4.69) is 9.97 Å². The zero-order valence-electron chi connectivity index (χ0n) is 11.0. The first-order valence-corrected chi connectivity index (χ1v) is 7.43. The van der Waals surface area contributed by atoms with Gasteiger partial charge in [-0.2, -0.15) is 13.2 Å². The van der Waals surface area contributed by atoms with Crippen LogP contribution in [0.1, 0.15) is 30.0 Å². The molecule has 1 aliphatic carbocycles. The standard InChI is InChI=1S/C14H9F3N2O2S/c15-14(16,17)6-3-7(5-1-2-5)18-13-10(6)11-12(22-13)8(20)4-9(21)19-11/h3-5H,1-2H2,(H2,19,20,21). The molecule has 2 N–H and O–H groups in total. The number of H-pyrrole nitrogens is 1. The number of nitrogens with one attached hydrogen (secondary N) is 1. The van der Waals surface area contributed by atoms with Gasteiger partial charge in [0.2, 0.25) is 0 Å². The van der Waals surface area contributed by atoms with Crippen molar-refractivity contribution in [2.45, 2.75) is 24.9 Å². The van der Waals surface area contributed by atoms with Gasteiger partial charge in [0.05, 0.1) is 15.8 Å². The fraction of sp³-hybridized carbons (Fsp3) is 0.286. The van der Waals surface area contributed by atoms with Crippen LogP contribution in [-0.2, 0) is 6.18 Å². The maximum Gasteiger partial charge on any atom is 0.417 e. The van der Waals surface area contributed by atoms with E-state index in [1.165, 1.54) is 0 Å². The Morgan fingerprint density at radius 2 is 2.05 bits per heavy atom. The van der Waals surface area contributed by atoms with Crippen molar-refractivity contribution in [2.24, 2.45) is 0 Å². The second-order valence-electron chi connectivity index (χ2n) is 5.37. The average molecular weight is 326 g/mol. The fourth-order valence-corrected chi connectivity index (χ4v) is 3.65. The normalized spacial score (nSPS) is 15.8. The van der Waals surface area contributed by atoms with E-state index in [0.29, 0.717) is 5.69 Å². The summed E-state index contributed by atoms with van der Waals surface area (Å²) in [5, 5.41) is 9.67. The molecule has 4 nitrogen and oxygen atoms in total. The number of nitrogens with zero attached hydrogens (tertiary/aromatic N) is 1. The maximum atomic E-state index is 13.4. The van der Waals surface area contributed by atoms with Crippen LogP contribution in [-0.4, -0.2) is 15.1 Å². The zero-order chi connectivity index (χ0) is 15.6. The monoisotopic (exact) mass is 326 g/mol. The number of hydrogen-bond acceptors (Lipinski definition) is 4. The van der Waals surface area contributed by atoms with E-state index in [0.717, 1.165) is 36.3 Å². The van der Waals surface area contributed by atoms with Crippen molar-refractivity contribution in [3.63, 3.8) is 0 Å². The molecule has 0 amide bonds. The number of aromatic amines is 1. The first kappa shape index (κ1) is 13.6. The minimum absolute atomic E-state index is 0.00725. The van der Waals surface area contributed by atoms with Crippen LogP contribution in [0.15, 0.2) is 16.9 Å². The van der Waals surface area contributed by atoms with Gasteiger partial charge in [-0.25, -0.2) is 4.98 Å². The van der Waals surface area contributed by atoms with E-state index in [9.17, 15) is 23.1 Å². The van der Waals surface area contributed by atoms with Crippen LogP contribution in [0.2, 0.25) is 0 Å². The van der Waals surface area contributed by atoms with Gasteiger partial charge in [-0.05, 0) is 18.9 Å². The van der Waals surface area contributed by atoms with Gasteiger partial charge in [0, 0.05) is 23.1 Å². The third-order valence-electron chi connectivity index (χ3n) is 3.73. The van der Waals surface area contributed by atoms with E-state index in [1.54, 1.807) is 0 Å². The number of rotatable bonds is 1. The molecule has 3 heterocycles. The third-order valence-corrected chi connectivity index (χ3v) is 4.84. The van der Waals surface area contributed by atoms with Crippen molar-refractivity contribution in [1.29, 1.82) is 0 Å². The highest BCUT2D eigenvalue weighted by molar-refractivity contribution is 7.25. The highest BCUT2D eigenvalue weighted by Gasteiger charge is 2.37. The van der Waals surface area contributed by atoms with Crippen LogP contribution < -0.4 is 5.56 Å². The van der Waals surface area contributed by atoms with Gasteiger partial charge in [0.25, 0.3) is 5.56 Å². The largest absolute Gasteiger partial charge is 0.506 e. The number of halogens is 3. The van der Waals surface area contributed by atoms with E-state index in [1.807, 2.05) is 0 Å². The van der Waals surface area contributed by atoms with Crippen LogP contribution in [0.5, 0.6) is 5.75 Å². The Kier molecular flexibility index (Phi) is 2.60. The molecule has 1 saturated carbocycles. The average Bonchev–Trinajstić information content (AvgIpc) is 3.19. The molecule has 0 saturated heterocycles. The Labute approximate surface area is 125 Å². The van der Waals surface area contributed by atoms with Crippen LogP contribution in [0.4, 0.5) is 13.2 Å². The summed E-state index contributed by atoms with van der Waals surface area (Å²) >= 11 is 0.955. The lowest BCUT2D eigenvalue weighted by Gasteiger charge is -2.10. The Morgan fingerprint density at radius 3 is 2.68 bits per heavy atom. The molecule has 0 aromatic carbocycles. The number of thiophene rings is 1. The Bertz CT molecular complexity index is 970. The summed E-state index contributed by atoms with van der Waals surface area (Å²) in [6, 6.07) is 2.02. The third kappa shape index (κ3) is 1.98. The SMILES string of the molecule is O=c1cc(O)c2sc3nc(C4CC4)cc(C(F)(F)F)c3c2[nH]1. The second-order valence-corrected chi connectivity index (χ2v) is 6.37. The smallest absolute Gasteiger partial charge is 0.417 e. The molecule has 114 valence electrons. The van der Waals surface area contributed by atoms with Gasteiger partial charge in [-0.1, -0.05) is 0 Å². The zero-order valence-corrected chi connectivity index (χ0v) is 11.8. The highest BCUT2D eigenvalue weighted by Crippen LogP contribution is 2.46. The summed E-state index contributed by atoms with van der Waals surface area (Å²) in [6.07, 6.45) is -2.88. The second kappa shape index (κ2) is 4.22. The number of aromatic nitrogens is 2. The van der Waals surface area contributed by atoms with E-state index < -0.39 is 17.3 Å². The van der Waals surface area contributed by atoms with Crippen LogP contribution in [0.25, 0.3) is 20.4 Å². The van der Waals surface area contributed by atoms with Gasteiger partial charge in [-0.3, -0.25) is 4.79 Å². The fourth-order valence-electron chi connectivity index (χ4n) is 2.58. The summed E-state index contributed by atoms with van der Waals surface area (Å²) in [6.45, 7) is 0. The summed E-state index contributed by atoms with van der Waals surface area (Å²) < 4.78 is 40.4. The summed E-state index contributed by atoms with van der Waals surface area (Å²) in [5.41, 5.74) is -1.05. The minimum atomic E-state index is -4.55. The van der Waals surface area contributed by atoms with Gasteiger partial charge >= 0.3 is 6.18 Å². The molecule has 3 aromatic heterocycles. The van der Waals surface area contributed by atoms with Gasteiger partial charge in [-0.15, -0.1) is 11.3 Å². The van der Waals surface area contributed by atoms with Gasteiger partial charge in [0.1, 0.15) is 10.6 Å². The van der Waals surface area contributed by atoms with E-state index >= 15 is 0 Å². The number of hydrogen-bond donors (Lipinski definition) is 2. The summed E-state index contributed by atoms with van der Waals surface area (Å²) in [7, 11) is 0. The van der Waals surface area contributed by atoms with Crippen molar-refractivity contribution in [2.75, 3.05) is 0 Å². The van der Waals surface area contributed by atoms with Crippen LogP contribution >= 0.6 is 11.3 Å². The minimum Gasteiger partial charge on any atom is -0.506 e. The lowest BCUT2D eigenvalue weighted by molar-refractivity contribution is -0.136. The Balaban J connectivity index is 2.19. The predicted octanol–water partition coefficient (Wildman–Crippen LogP) is 3.74. The summed E-state index contributed by atoms with van der Waals surface area (Å²) in [5.74, 6) is -0.258. The first-order valence-electron chi connectivity index (χ1n) is 6.61. The molecule has 1 aliphatic rings. The van der Waals surface area contributed by atoms with Crippen molar-refractivity contribution < 1.29 is 18.3 Å². The summed E-state index contributed by atoms with van der Waals surface area (Å²) in [4.78, 5) is 18.4. The lowest BCUT2D eigenvalue weighted by atomic mass is 10.1. The molecular formula is C14H9F3N2O2S. The van der Waals surface area contributed by atoms with Crippen molar-refractivity contribution >= 4 is 31.8 Å². The topological polar surface area (TPSA) is 66.0 Å². The highest BCUT2D eigenvalue weighted by atomic mass is 32.1. The molecule has 0 bridgehead atoms. The molecule has 8 heteroatoms. The Morgan fingerprint density at radius 1 is 1.32 bits per heavy atom. The van der Waals surface area contributed by atoms with Crippen LogP contribution in [0, 0.1) is 0 Å². The number of fused-ring (bicyclic) bond motifs is 3. The molecule has 0 spiro atoms. The molecular weight excluding hydrogens is 317 g/mol. The molecule has 0 unspecified atom stereocenters. The van der Waals surface area contributed by atoms with Crippen molar-refractivity contribution in [3.05, 3.63) is 33.7 Å².